The molecule has 1 saturated carbocycles. The van der Waals surface area contributed by atoms with Crippen molar-refractivity contribution in [3.8, 4) is 0 Å². The number of hydrogen-bond donors (Lipinski definition) is 1. The van der Waals surface area contributed by atoms with Crippen LogP contribution in [-0.4, -0.2) is 47.7 Å². The summed E-state index contributed by atoms with van der Waals surface area (Å²) < 4.78 is 27.2. The van der Waals surface area contributed by atoms with Crippen LogP contribution in [0.25, 0.3) is 0 Å². The Morgan fingerprint density at radius 3 is 2.38 bits per heavy atom. The van der Waals surface area contributed by atoms with Crippen molar-refractivity contribution in [2.45, 2.75) is 57.1 Å². The van der Waals surface area contributed by atoms with Crippen molar-refractivity contribution in [2.75, 3.05) is 24.5 Å². The summed E-state index contributed by atoms with van der Waals surface area (Å²) in [5, 5.41) is 9.71. The van der Waals surface area contributed by atoms with E-state index in [0.717, 1.165) is 57.6 Å². The van der Waals surface area contributed by atoms with E-state index in [2.05, 4.69) is 0 Å². The molecule has 1 amide bonds. The second-order valence-electron chi connectivity index (χ2n) is 8.14. The number of piperidine rings is 1. The molecule has 0 aromatic heterocycles. The number of carbonyl (C=O) groups excluding carboxylic acids is 1. The van der Waals surface area contributed by atoms with E-state index in [9.17, 15) is 18.7 Å². The first-order chi connectivity index (χ1) is 12.5. The molecule has 0 bridgehead atoms. The summed E-state index contributed by atoms with van der Waals surface area (Å²) in [7, 11) is 0. The molecular formula is C20H26F2N2O2. The highest BCUT2D eigenvalue weighted by Crippen LogP contribution is 2.43. The third-order valence-corrected chi connectivity index (χ3v) is 6.44. The highest BCUT2D eigenvalue weighted by Gasteiger charge is 2.50. The summed E-state index contributed by atoms with van der Waals surface area (Å²) in [5.74, 6) is -0.972. The quantitative estimate of drug-likeness (QED) is 0.877. The third-order valence-electron chi connectivity index (χ3n) is 6.44. The highest BCUT2D eigenvalue weighted by molar-refractivity contribution is 5.86. The molecule has 2 aliphatic heterocycles. The molecule has 1 N–H and O–H groups in total. The third kappa shape index (κ3) is 3.20. The Morgan fingerprint density at radius 1 is 1.00 bits per heavy atom. The van der Waals surface area contributed by atoms with E-state index in [1.165, 1.54) is 12.1 Å². The molecule has 1 spiro atoms. The van der Waals surface area contributed by atoms with Gasteiger partial charge in [0.15, 0.2) is 0 Å². The van der Waals surface area contributed by atoms with Gasteiger partial charge >= 0.3 is 0 Å². The first kappa shape index (κ1) is 17.7. The maximum atomic E-state index is 13.6. The fourth-order valence-electron chi connectivity index (χ4n) is 5.02. The highest BCUT2D eigenvalue weighted by atomic mass is 19.1. The average molecular weight is 364 g/mol. The minimum Gasteiger partial charge on any atom is -0.393 e. The molecule has 4 rings (SSSR count). The summed E-state index contributed by atoms with van der Waals surface area (Å²) in [4.78, 5) is 17.2. The van der Waals surface area contributed by atoms with E-state index in [0.29, 0.717) is 18.8 Å². The number of aliphatic hydroxyl groups is 1. The van der Waals surface area contributed by atoms with Crippen LogP contribution in [0.4, 0.5) is 14.5 Å². The van der Waals surface area contributed by atoms with Crippen molar-refractivity contribution >= 4 is 11.6 Å². The number of aliphatic hydroxyl groups excluding tert-OH is 1. The van der Waals surface area contributed by atoms with Crippen molar-refractivity contribution in [2.24, 2.45) is 5.41 Å². The minimum absolute atomic E-state index is 0.195. The van der Waals surface area contributed by atoms with Gasteiger partial charge in [0.25, 0.3) is 0 Å². The number of amides is 1. The number of anilines is 1. The van der Waals surface area contributed by atoms with Gasteiger partial charge in [-0.1, -0.05) is 0 Å². The smallest absolute Gasteiger partial charge is 0.230 e. The molecule has 0 radical (unpaired) electrons. The van der Waals surface area contributed by atoms with Gasteiger partial charge < -0.3 is 14.9 Å². The predicted molar refractivity (Wildman–Crippen MR) is 94.8 cm³/mol. The normalized spacial score (nSPS) is 32.5. The van der Waals surface area contributed by atoms with Crippen molar-refractivity contribution < 1.29 is 18.7 Å². The molecule has 4 nitrogen and oxygen atoms in total. The van der Waals surface area contributed by atoms with E-state index in [-0.39, 0.29) is 18.1 Å². The van der Waals surface area contributed by atoms with Crippen LogP contribution in [0.15, 0.2) is 18.2 Å². The zero-order chi connectivity index (χ0) is 18.3. The molecule has 1 aromatic rings. The molecule has 2 heterocycles. The van der Waals surface area contributed by atoms with Crippen molar-refractivity contribution in [3.63, 3.8) is 0 Å². The van der Waals surface area contributed by atoms with Crippen molar-refractivity contribution in [3.05, 3.63) is 29.8 Å². The number of carbonyl (C=O) groups is 1. The summed E-state index contributed by atoms with van der Waals surface area (Å²) in [6.07, 6.45) is 5.51. The fourth-order valence-corrected chi connectivity index (χ4v) is 5.02. The molecule has 1 aromatic carbocycles. The van der Waals surface area contributed by atoms with Crippen LogP contribution >= 0.6 is 0 Å². The molecule has 1 aliphatic carbocycles. The Balaban J connectivity index is 1.50. The SMILES string of the molecule is O=C1N([C@H]2CC[C@H](O)CC2)CCC12CCCN(c1cc(F)cc(F)c1)C2. The molecule has 2 saturated heterocycles. The van der Waals surface area contributed by atoms with E-state index in [1.54, 1.807) is 0 Å². The van der Waals surface area contributed by atoms with Crippen LogP contribution in [0.5, 0.6) is 0 Å². The number of halogens is 2. The molecule has 1 atom stereocenters. The van der Waals surface area contributed by atoms with Gasteiger partial charge in [-0.2, -0.15) is 0 Å². The Hall–Kier alpha value is -1.69. The van der Waals surface area contributed by atoms with Gasteiger partial charge in [0.05, 0.1) is 11.5 Å². The van der Waals surface area contributed by atoms with Crippen LogP contribution in [0.2, 0.25) is 0 Å². The Morgan fingerprint density at radius 2 is 1.69 bits per heavy atom. The lowest BCUT2D eigenvalue weighted by Gasteiger charge is -2.41. The fraction of sp³-hybridized carbons (Fsp3) is 0.650. The number of nitrogens with zero attached hydrogens (tertiary/aromatic N) is 2. The van der Waals surface area contributed by atoms with Gasteiger partial charge in [-0.15, -0.1) is 0 Å². The van der Waals surface area contributed by atoms with Gasteiger partial charge in [-0.05, 0) is 57.1 Å². The summed E-state index contributed by atoms with van der Waals surface area (Å²) >= 11 is 0. The number of benzene rings is 1. The number of rotatable bonds is 2. The van der Waals surface area contributed by atoms with Gasteiger partial charge in [-0.3, -0.25) is 4.79 Å². The second-order valence-corrected chi connectivity index (χ2v) is 8.14. The summed E-state index contributed by atoms with van der Waals surface area (Å²) in [6, 6.07) is 3.81. The van der Waals surface area contributed by atoms with Gasteiger partial charge in [0.2, 0.25) is 5.91 Å². The lowest BCUT2D eigenvalue weighted by molar-refractivity contribution is -0.139. The zero-order valence-corrected chi connectivity index (χ0v) is 15.0. The average Bonchev–Trinajstić information content (AvgIpc) is 2.91. The van der Waals surface area contributed by atoms with Gasteiger partial charge in [-0.25, -0.2) is 8.78 Å². The molecule has 3 fully saturated rings. The van der Waals surface area contributed by atoms with Crippen molar-refractivity contribution in [1.82, 2.24) is 4.90 Å². The second kappa shape index (κ2) is 6.80. The molecule has 26 heavy (non-hydrogen) atoms. The predicted octanol–water partition coefficient (Wildman–Crippen LogP) is 3.09. The lowest BCUT2D eigenvalue weighted by atomic mass is 9.78. The first-order valence-corrected chi connectivity index (χ1v) is 9.67. The van der Waals surface area contributed by atoms with Crippen LogP contribution < -0.4 is 4.90 Å². The lowest BCUT2D eigenvalue weighted by Crippen LogP contribution is -2.50. The molecule has 3 aliphatic rings. The van der Waals surface area contributed by atoms with Crippen LogP contribution in [0, 0.1) is 17.0 Å². The van der Waals surface area contributed by atoms with E-state index in [4.69, 9.17) is 0 Å². The molecule has 1 unspecified atom stereocenters. The van der Waals surface area contributed by atoms with Crippen molar-refractivity contribution in [1.29, 1.82) is 0 Å². The van der Waals surface area contributed by atoms with E-state index in [1.807, 2.05) is 9.80 Å². The molecule has 142 valence electrons. The standard InChI is InChI=1S/C20H26F2N2O2/c21-14-10-15(22)12-17(11-14)23-8-1-6-20(13-23)7-9-24(19(20)26)16-2-4-18(25)5-3-16/h10-12,16,18,25H,1-9,13H2/t16-,18-,20?. The minimum atomic E-state index is -0.584. The Kier molecular flexibility index (Phi) is 4.63. The molecular weight excluding hydrogens is 338 g/mol. The monoisotopic (exact) mass is 364 g/mol. The summed E-state index contributed by atoms with van der Waals surface area (Å²) in [5.41, 5.74) is 0.0884. The van der Waals surface area contributed by atoms with Gasteiger partial charge in [0.1, 0.15) is 11.6 Å². The van der Waals surface area contributed by atoms with Gasteiger partial charge in [0, 0.05) is 37.4 Å². The largest absolute Gasteiger partial charge is 0.393 e. The van der Waals surface area contributed by atoms with Crippen LogP contribution in [0.1, 0.15) is 44.9 Å². The van der Waals surface area contributed by atoms with Crippen LogP contribution in [0.3, 0.4) is 0 Å². The molecule has 6 heteroatoms. The van der Waals surface area contributed by atoms with E-state index >= 15 is 0 Å². The maximum absolute atomic E-state index is 13.6. The Bertz CT molecular complexity index is 670. The topological polar surface area (TPSA) is 43.8 Å². The Labute approximate surface area is 152 Å². The zero-order valence-electron chi connectivity index (χ0n) is 15.0. The summed E-state index contributed by atoms with van der Waals surface area (Å²) in [6.45, 7) is 2.00. The van der Waals surface area contributed by atoms with E-state index < -0.39 is 17.0 Å². The number of likely N-dealkylation sites (tertiary alicyclic amines) is 1. The number of hydrogen-bond acceptors (Lipinski definition) is 3. The maximum Gasteiger partial charge on any atom is 0.230 e. The first-order valence-electron chi connectivity index (χ1n) is 9.67. The van der Waals surface area contributed by atoms with Crippen LogP contribution in [-0.2, 0) is 4.79 Å².